The van der Waals surface area contributed by atoms with Crippen LogP contribution in [-0.4, -0.2) is 14.7 Å². The number of imidazole rings is 1. The van der Waals surface area contributed by atoms with E-state index < -0.39 is 0 Å². The fourth-order valence-corrected chi connectivity index (χ4v) is 2.46. The highest BCUT2D eigenvalue weighted by Gasteiger charge is 2.11. The standard InChI is InChI=1S/C16H18N2O/c1-11-9-12(2)16(13(3)15(11)5-8-19)10-18-7-6-17-14(18)4/h6-7,9,19H,10H2,1-4H3. The van der Waals surface area contributed by atoms with Gasteiger partial charge in [0.05, 0.1) is 0 Å². The maximum Gasteiger partial charge on any atom is 0.113 e. The van der Waals surface area contributed by atoms with Crippen molar-refractivity contribution in [2.75, 3.05) is 0 Å². The van der Waals surface area contributed by atoms with Crippen LogP contribution >= 0.6 is 0 Å². The van der Waals surface area contributed by atoms with Crippen LogP contribution in [0.2, 0.25) is 0 Å². The lowest BCUT2D eigenvalue weighted by molar-refractivity contribution is 0.517. The molecule has 0 saturated heterocycles. The van der Waals surface area contributed by atoms with Crippen LogP contribution in [-0.2, 0) is 6.54 Å². The van der Waals surface area contributed by atoms with Crippen LogP contribution in [0.25, 0.3) is 0 Å². The lowest BCUT2D eigenvalue weighted by Gasteiger charge is -2.15. The molecule has 98 valence electrons. The second-order valence-electron chi connectivity index (χ2n) is 4.83. The number of aliphatic hydroxyl groups excluding tert-OH is 1. The Balaban J connectivity index is 2.53. The molecule has 1 aromatic heterocycles. The molecule has 2 aromatic rings. The Morgan fingerprint density at radius 2 is 1.95 bits per heavy atom. The third-order valence-electron chi connectivity index (χ3n) is 3.56. The molecular formula is C16H18N2O. The van der Waals surface area contributed by atoms with Crippen LogP contribution in [0.3, 0.4) is 0 Å². The van der Waals surface area contributed by atoms with E-state index in [4.69, 9.17) is 5.11 Å². The van der Waals surface area contributed by atoms with E-state index in [2.05, 4.69) is 35.4 Å². The number of aromatic nitrogens is 2. The SMILES string of the molecule is Cc1cc(C)c(Cn2ccnc2C)c(C)c1C#CO. The minimum Gasteiger partial charge on any atom is -0.462 e. The minimum atomic E-state index is 0.782. The molecule has 1 aromatic carbocycles. The molecule has 0 fully saturated rings. The Bertz CT molecular complexity index is 672. The summed E-state index contributed by atoms with van der Waals surface area (Å²) in [6.45, 7) is 8.96. The molecule has 0 atom stereocenters. The van der Waals surface area contributed by atoms with Gasteiger partial charge in [-0.15, -0.1) is 0 Å². The van der Waals surface area contributed by atoms with Crippen molar-refractivity contribution in [2.24, 2.45) is 0 Å². The fourth-order valence-electron chi connectivity index (χ4n) is 2.46. The van der Waals surface area contributed by atoms with Crippen molar-refractivity contribution in [3.05, 3.63) is 52.1 Å². The van der Waals surface area contributed by atoms with Gasteiger partial charge in [0.1, 0.15) is 11.9 Å². The van der Waals surface area contributed by atoms with Crippen molar-refractivity contribution >= 4 is 0 Å². The van der Waals surface area contributed by atoms with E-state index in [1.165, 1.54) is 11.1 Å². The van der Waals surface area contributed by atoms with Crippen LogP contribution < -0.4 is 0 Å². The summed E-state index contributed by atoms with van der Waals surface area (Å²) in [4.78, 5) is 4.24. The summed E-state index contributed by atoms with van der Waals surface area (Å²) in [6, 6.07) is 2.12. The molecule has 0 aliphatic rings. The molecule has 1 heterocycles. The number of rotatable bonds is 2. The van der Waals surface area contributed by atoms with Gasteiger partial charge in [0.25, 0.3) is 0 Å². The van der Waals surface area contributed by atoms with E-state index in [9.17, 15) is 0 Å². The molecule has 19 heavy (non-hydrogen) atoms. The predicted molar refractivity (Wildman–Crippen MR) is 75.5 cm³/mol. The smallest absolute Gasteiger partial charge is 0.113 e. The molecule has 3 nitrogen and oxygen atoms in total. The Morgan fingerprint density at radius 3 is 2.53 bits per heavy atom. The van der Waals surface area contributed by atoms with E-state index in [-0.39, 0.29) is 0 Å². The van der Waals surface area contributed by atoms with Gasteiger partial charge in [-0.25, -0.2) is 4.98 Å². The monoisotopic (exact) mass is 254 g/mol. The van der Waals surface area contributed by atoms with Gasteiger partial charge >= 0.3 is 0 Å². The van der Waals surface area contributed by atoms with E-state index in [1.54, 1.807) is 0 Å². The third-order valence-corrected chi connectivity index (χ3v) is 3.56. The molecule has 0 aliphatic carbocycles. The summed E-state index contributed by atoms with van der Waals surface area (Å²) in [6.07, 6.45) is 5.80. The first-order valence-corrected chi connectivity index (χ1v) is 6.27. The van der Waals surface area contributed by atoms with E-state index in [0.717, 1.165) is 29.1 Å². The van der Waals surface area contributed by atoms with Gasteiger partial charge in [-0.1, -0.05) is 6.07 Å². The van der Waals surface area contributed by atoms with Crippen LogP contribution in [0, 0.1) is 39.7 Å². The summed E-state index contributed by atoms with van der Waals surface area (Å²) in [5.74, 6) is 3.78. The molecule has 1 N–H and O–H groups in total. The molecule has 0 amide bonds. The predicted octanol–water partition coefficient (Wildman–Crippen LogP) is 2.85. The maximum absolute atomic E-state index is 8.85. The Labute approximate surface area is 113 Å². The van der Waals surface area contributed by atoms with Gasteiger partial charge in [-0.3, -0.25) is 0 Å². The van der Waals surface area contributed by atoms with Crippen LogP contribution in [0.4, 0.5) is 0 Å². The zero-order chi connectivity index (χ0) is 14.0. The van der Waals surface area contributed by atoms with Crippen molar-refractivity contribution in [1.29, 1.82) is 0 Å². The highest BCUT2D eigenvalue weighted by atomic mass is 16.2. The number of benzene rings is 1. The highest BCUT2D eigenvalue weighted by Crippen LogP contribution is 2.23. The first-order chi connectivity index (χ1) is 9.04. The Hall–Kier alpha value is -2.21. The average molecular weight is 254 g/mol. The molecule has 0 radical (unpaired) electrons. The Morgan fingerprint density at radius 1 is 1.21 bits per heavy atom. The summed E-state index contributed by atoms with van der Waals surface area (Å²) >= 11 is 0. The highest BCUT2D eigenvalue weighted by molar-refractivity contribution is 5.52. The zero-order valence-corrected chi connectivity index (χ0v) is 11.8. The second kappa shape index (κ2) is 5.19. The van der Waals surface area contributed by atoms with Crippen molar-refractivity contribution in [3.8, 4) is 12.0 Å². The molecule has 0 bridgehead atoms. The van der Waals surface area contributed by atoms with E-state index in [0.29, 0.717) is 0 Å². The molecule has 2 rings (SSSR count). The molecular weight excluding hydrogens is 236 g/mol. The fraction of sp³-hybridized carbons (Fsp3) is 0.312. The van der Waals surface area contributed by atoms with Gasteiger partial charge in [0, 0.05) is 24.5 Å². The van der Waals surface area contributed by atoms with Gasteiger partial charge in [-0.2, -0.15) is 0 Å². The number of hydrogen-bond acceptors (Lipinski definition) is 2. The number of nitrogens with zero attached hydrogens (tertiary/aromatic N) is 2. The van der Waals surface area contributed by atoms with Gasteiger partial charge < -0.3 is 9.67 Å². The number of aliphatic hydroxyl groups is 1. The first kappa shape index (κ1) is 13.2. The lowest BCUT2D eigenvalue weighted by Crippen LogP contribution is -2.07. The summed E-state index contributed by atoms with van der Waals surface area (Å²) in [7, 11) is 0. The normalized spacial score (nSPS) is 10.1. The zero-order valence-electron chi connectivity index (χ0n) is 11.8. The largest absolute Gasteiger partial charge is 0.462 e. The lowest BCUT2D eigenvalue weighted by atomic mass is 9.93. The first-order valence-electron chi connectivity index (χ1n) is 6.27. The maximum atomic E-state index is 8.85. The van der Waals surface area contributed by atoms with Crippen LogP contribution in [0.5, 0.6) is 0 Å². The third kappa shape index (κ3) is 2.48. The van der Waals surface area contributed by atoms with Crippen molar-refractivity contribution < 1.29 is 5.11 Å². The van der Waals surface area contributed by atoms with E-state index >= 15 is 0 Å². The molecule has 0 aliphatic heterocycles. The van der Waals surface area contributed by atoms with Gasteiger partial charge in [-0.05, 0) is 55.9 Å². The topological polar surface area (TPSA) is 38.0 Å². The van der Waals surface area contributed by atoms with Gasteiger partial charge in [0.2, 0.25) is 0 Å². The van der Waals surface area contributed by atoms with Crippen LogP contribution in [0.15, 0.2) is 18.5 Å². The average Bonchev–Trinajstić information content (AvgIpc) is 2.76. The Kier molecular flexibility index (Phi) is 3.62. The van der Waals surface area contributed by atoms with Crippen molar-refractivity contribution in [3.63, 3.8) is 0 Å². The summed E-state index contributed by atoms with van der Waals surface area (Å²) in [5, 5.41) is 8.85. The quantitative estimate of drug-likeness (QED) is 0.837. The van der Waals surface area contributed by atoms with Crippen LogP contribution in [0.1, 0.15) is 33.6 Å². The van der Waals surface area contributed by atoms with E-state index in [1.807, 2.05) is 32.3 Å². The number of aryl methyl sites for hydroxylation is 3. The summed E-state index contributed by atoms with van der Waals surface area (Å²) in [5.41, 5.74) is 5.63. The van der Waals surface area contributed by atoms with Crippen molar-refractivity contribution in [2.45, 2.75) is 34.2 Å². The molecule has 0 unspecified atom stereocenters. The molecule has 0 spiro atoms. The molecule has 3 heteroatoms. The van der Waals surface area contributed by atoms with Crippen molar-refractivity contribution in [1.82, 2.24) is 9.55 Å². The van der Waals surface area contributed by atoms with Gasteiger partial charge in [0.15, 0.2) is 0 Å². The second-order valence-corrected chi connectivity index (χ2v) is 4.83. The number of hydrogen-bond donors (Lipinski definition) is 1. The molecule has 0 saturated carbocycles. The minimum absolute atomic E-state index is 0.782. The summed E-state index contributed by atoms with van der Waals surface area (Å²) < 4.78 is 2.11.